The van der Waals surface area contributed by atoms with Crippen LogP contribution in [0.2, 0.25) is 0 Å². The number of aromatic nitrogens is 1. The molecule has 3 rings (SSSR count). The predicted octanol–water partition coefficient (Wildman–Crippen LogP) is 3.99. The fraction of sp³-hybridized carbons (Fsp3) is 0.261. The van der Waals surface area contributed by atoms with Crippen LogP contribution in [-0.4, -0.2) is 31.1 Å². The summed E-state index contributed by atoms with van der Waals surface area (Å²) >= 11 is 0. The van der Waals surface area contributed by atoms with E-state index in [0.717, 1.165) is 27.7 Å². The molecule has 1 atom stereocenters. The molecule has 0 fully saturated rings. The van der Waals surface area contributed by atoms with Gasteiger partial charge in [-0.25, -0.2) is 4.79 Å². The van der Waals surface area contributed by atoms with Crippen LogP contribution in [0.15, 0.2) is 54.7 Å². The van der Waals surface area contributed by atoms with Gasteiger partial charge in [0.25, 0.3) is 0 Å². The van der Waals surface area contributed by atoms with Crippen LogP contribution in [0.3, 0.4) is 0 Å². The van der Waals surface area contributed by atoms with E-state index in [9.17, 15) is 9.59 Å². The Balaban J connectivity index is 1.66. The van der Waals surface area contributed by atoms with Gasteiger partial charge in [-0.3, -0.25) is 9.78 Å². The van der Waals surface area contributed by atoms with E-state index in [1.807, 2.05) is 43.3 Å². The van der Waals surface area contributed by atoms with Crippen molar-refractivity contribution in [2.24, 2.45) is 5.92 Å². The Bertz CT molecular complexity index is 1020. The lowest BCUT2D eigenvalue weighted by Crippen LogP contribution is -2.22. The number of nitrogens with one attached hydrogen (secondary N) is 1. The monoisotopic (exact) mass is 392 g/mol. The average Bonchev–Trinajstić information content (AvgIpc) is 2.73. The fourth-order valence-corrected chi connectivity index (χ4v) is 3.10. The summed E-state index contributed by atoms with van der Waals surface area (Å²) < 4.78 is 9.83. The van der Waals surface area contributed by atoms with Crippen LogP contribution in [0.25, 0.3) is 10.8 Å². The molecule has 0 aliphatic heterocycles. The number of pyridine rings is 1. The van der Waals surface area contributed by atoms with Gasteiger partial charge in [0.1, 0.15) is 0 Å². The highest BCUT2D eigenvalue weighted by Crippen LogP contribution is 2.21. The fourth-order valence-electron chi connectivity index (χ4n) is 3.10. The Morgan fingerprint density at radius 2 is 1.79 bits per heavy atom. The van der Waals surface area contributed by atoms with Crippen molar-refractivity contribution in [3.63, 3.8) is 0 Å². The number of methoxy groups -OCH3 is 2. The summed E-state index contributed by atoms with van der Waals surface area (Å²) in [4.78, 5) is 28.5. The Labute approximate surface area is 169 Å². The molecule has 150 valence electrons. The number of hydrogen-bond acceptors (Lipinski definition) is 5. The number of benzene rings is 2. The molecule has 0 bridgehead atoms. The van der Waals surface area contributed by atoms with E-state index in [2.05, 4.69) is 10.3 Å². The summed E-state index contributed by atoms with van der Waals surface area (Å²) in [5.41, 5.74) is 3.05. The van der Waals surface area contributed by atoms with E-state index in [4.69, 9.17) is 9.47 Å². The van der Waals surface area contributed by atoms with Gasteiger partial charge in [0.15, 0.2) is 0 Å². The Morgan fingerprint density at radius 1 is 1.03 bits per heavy atom. The van der Waals surface area contributed by atoms with Crippen molar-refractivity contribution < 1.29 is 19.1 Å². The number of fused-ring (bicyclic) bond motifs is 1. The first kappa shape index (κ1) is 20.5. The highest BCUT2D eigenvalue weighted by atomic mass is 16.5. The summed E-state index contributed by atoms with van der Waals surface area (Å²) in [7, 11) is 2.98. The minimum atomic E-state index is -0.373. The maximum atomic E-state index is 12.6. The standard InChI is InChI=1S/C23H24N2O4/c1-15(10-16-4-6-17(7-5-16)23(27)29-3)22(26)25-20-9-8-18-13-24-21(14-28-2)12-19(18)11-20/h4-9,11-13,15H,10,14H2,1-3H3,(H,25,26)/t15-/m0/s1. The lowest BCUT2D eigenvalue weighted by atomic mass is 9.99. The van der Waals surface area contributed by atoms with Gasteiger partial charge in [0.05, 0.1) is 25.0 Å². The van der Waals surface area contributed by atoms with E-state index < -0.39 is 0 Å². The third kappa shape index (κ3) is 5.18. The number of carbonyl (C=O) groups is 2. The minimum absolute atomic E-state index is 0.0624. The number of rotatable bonds is 7. The molecule has 0 aliphatic carbocycles. The number of esters is 1. The van der Waals surface area contributed by atoms with Gasteiger partial charge >= 0.3 is 5.97 Å². The second-order valence-electron chi connectivity index (χ2n) is 6.95. The molecule has 2 aromatic carbocycles. The van der Waals surface area contributed by atoms with E-state index in [-0.39, 0.29) is 17.8 Å². The predicted molar refractivity (Wildman–Crippen MR) is 112 cm³/mol. The second kappa shape index (κ2) is 9.30. The van der Waals surface area contributed by atoms with Crippen molar-refractivity contribution in [1.29, 1.82) is 0 Å². The van der Waals surface area contributed by atoms with Gasteiger partial charge in [-0.2, -0.15) is 0 Å². The number of carbonyl (C=O) groups excluding carboxylic acids is 2. The summed E-state index contributed by atoms with van der Waals surface area (Å²) in [6.45, 7) is 2.32. The van der Waals surface area contributed by atoms with Crippen molar-refractivity contribution >= 4 is 28.3 Å². The summed E-state index contributed by atoms with van der Waals surface area (Å²) in [6, 6.07) is 14.8. The third-order valence-corrected chi connectivity index (χ3v) is 4.70. The van der Waals surface area contributed by atoms with Gasteiger partial charge in [-0.1, -0.05) is 25.1 Å². The molecule has 0 unspecified atom stereocenters. The maximum Gasteiger partial charge on any atom is 0.337 e. The molecule has 1 heterocycles. The largest absolute Gasteiger partial charge is 0.465 e. The molecule has 3 aromatic rings. The third-order valence-electron chi connectivity index (χ3n) is 4.70. The lowest BCUT2D eigenvalue weighted by Gasteiger charge is -2.13. The first-order valence-electron chi connectivity index (χ1n) is 9.36. The molecule has 0 spiro atoms. The summed E-state index contributed by atoms with van der Waals surface area (Å²) in [5, 5.41) is 4.98. The van der Waals surface area contributed by atoms with Crippen LogP contribution >= 0.6 is 0 Å². The van der Waals surface area contributed by atoms with Crippen LogP contribution < -0.4 is 5.32 Å². The van der Waals surface area contributed by atoms with Gasteiger partial charge in [-0.05, 0) is 47.7 Å². The molecular formula is C23H24N2O4. The summed E-state index contributed by atoms with van der Waals surface area (Å²) in [5.74, 6) is -0.661. The molecule has 6 heteroatoms. The van der Waals surface area contributed by atoms with Gasteiger partial charge in [0, 0.05) is 30.3 Å². The van der Waals surface area contributed by atoms with Crippen LogP contribution in [0, 0.1) is 5.92 Å². The van der Waals surface area contributed by atoms with Gasteiger partial charge in [0.2, 0.25) is 5.91 Å². The minimum Gasteiger partial charge on any atom is -0.465 e. The van der Waals surface area contributed by atoms with Crippen LogP contribution in [0.4, 0.5) is 5.69 Å². The zero-order chi connectivity index (χ0) is 20.8. The molecule has 0 saturated carbocycles. The number of hydrogen-bond donors (Lipinski definition) is 1. The summed E-state index contributed by atoms with van der Waals surface area (Å²) in [6.07, 6.45) is 2.37. The normalized spacial score (nSPS) is 11.8. The van der Waals surface area contributed by atoms with E-state index >= 15 is 0 Å². The molecular weight excluding hydrogens is 368 g/mol. The molecule has 0 radical (unpaired) electrons. The topological polar surface area (TPSA) is 77.5 Å². The highest BCUT2D eigenvalue weighted by Gasteiger charge is 2.15. The molecule has 1 N–H and O–H groups in total. The Kier molecular flexibility index (Phi) is 6.57. The smallest absolute Gasteiger partial charge is 0.337 e. The number of nitrogens with zero attached hydrogens (tertiary/aromatic N) is 1. The zero-order valence-corrected chi connectivity index (χ0v) is 16.8. The quantitative estimate of drug-likeness (QED) is 0.615. The van der Waals surface area contributed by atoms with Crippen molar-refractivity contribution in [2.75, 3.05) is 19.5 Å². The Morgan fingerprint density at radius 3 is 2.48 bits per heavy atom. The highest BCUT2D eigenvalue weighted by molar-refractivity contribution is 5.95. The van der Waals surface area contributed by atoms with E-state index in [1.54, 1.807) is 25.4 Å². The second-order valence-corrected chi connectivity index (χ2v) is 6.95. The molecule has 1 aromatic heterocycles. The first-order valence-corrected chi connectivity index (χ1v) is 9.36. The van der Waals surface area contributed by atoms with Crippen molar-refractivity contribution in [1.82, 2.24) is 4.98 Å². The number of ether oxygens (including phenoxy) is 2. The first-order chi connectivity index (χ1) is 14.0. The zero-order valence-electron chi connectivity index (χ0n) is 16.8. The van der Waals surface area contributed by atoms with Crippen LogP contribution in [-0.2, 0) is 27.3 Å². The SMILES string of the molecule is COCc1cc2cc(NC(=O)[C@@H](C)Cc3ccc(C(=O)OC)cc3)ccc2cn1. The molecule has 1 amide bonds. The molecule has 29 heavy (non-hydrogen) atoms. The molecule has 0 saturated heterocycles. The Hall–Kier alpha value is -3.25. The van der Waals surface area contributed by atoms with Crippen molar-refractivity contribution in [2.45, 2.75) is 20.0 Å². The van der Waals surface area contributed by atoms with Crippen LogP contribution in [0.1, 0.15) is 28.5 Å². The van der Waals surface area contributed by atoms with Gasteiger partial charge < -0.3 is 14.8 Å². The maximum absolute atomic E-state index is 12.6. The number of amides is 1. The van der Waals surface area contributed by atoms with E-state index in [1.165, 1.54) is 7.11 Å². The lowest BCUT2D eigenvalue weighted by molar-refractivity contribution is -0.119. The number of anilines is 1. The average molecular weight is 392 g/mol. The van der Waals surface area contributed by atoms with Crippen LogP contribution in [0.5, 0.6) is 0 Å². The van der Waals surface area contributed by atoms with Crippen molar-refractivity contribution in [3.05, 3.63) is 71.5 Å². The molecule has 6 nitrogen and oxygen atoms in total. The van der Waals surface area contributed by atoms with Gasteiger partial charge in [-0.15, -0.1) is 0 Å². The molecule has 0 aliphatic rings. The van der Waals surface area contributed by atoms with E-state index in [0.29, 0.717) is 18.6 Å². The van der Waals surface area contributed by atoms with Crippen molar-refractivity contribution in [3.8, 4) is 0 Å².